The Bertz CT molecular complexity index is 882. The molecule has 2 rings (SSSR count). The van der Waals surface area contributed by atoms with Gasteiger partial charge in [-0.3, -0.25) is 4.79 Å². The number of hydrogen-bond donors (Lipinski definition) is 1. The van der Waals surface area contributed by atoms with E-state index < -0.39 is 15.9 Å². The number of nitriles is 1. The average Bonchev–Trinajstić information content (AvgIpc) is 2.57. The first-order valence-corrected chi connectivity index (χ1v) is 8.58. The van der Waals surface area contributed by atoms with Gasteiger partial charge < -0.3 is 5.32 Å². The minimum Gasteiger partial charge on any atom is -0.322 e. The second kappa shape index (κ2) is 7.25. The van der Waals surface area contributed by atoms with Crippen LogP contribution in [0.15, 0.2) is 53.4 Å². The van der Waals surface area contributed by atoms with E-state index in [9.17, 15) is 13.2 Å². The number of anilines is 1. The van der Waals surface area contributed by atoms with Gasteiger partial charge in [-0.15, -0.1) is 0 Å². The van der Waals surface area contributed by atoms with Crippen molar-refractivity contribution in [1.29, 1.82) is 5.26 Å². The summed E-state index contributed by atoms with van der Waals surface area (Å²) in [6, 6.07) is 14.8. The van der Waals surface area contributed by atoms with Gasteiger partial charge in [0.15, 0.2) is 0 Å². The van der Waals surface area contributed by atoms with Crippen molar-refractivity contribution >= 4 is 21.6 Å². The van der Waals surface area contributed by atoms with E-state index in [1.807, 2.05) is 0 Å². The number of carbonyl (C=O) groups excluding carboxylic acids is 1. The van der Waals surface area contributed by atoms with Crippen LogP contribution in [0.25, 0.3) is 0 Å². The molecule has 1 amide bonds. The lowest BCUT2D eigenvalue weighted by Gasteiger charge is -2.12. The minimum absolute atomic E-state index is 0.0597. The van der Waals surface area contributed by atoms with Crippen LogP contribution in [0, 0.1) is 11.3 Å². The third-order valence-electron chi connectivity index (χ3n) is 3.37. The lowest BCUT2D eigenvalue weighted by molar-refractivity contribution is 0.102. The molecule has 6 nitrogen and oxygen atoms in total. The summed E-state index contributed by atoms with van der Waals surface area (Å²) in [4.78, 5) is 12.4. The van der Waals surface area contributed by atoms with Crippen LogP contribution in [0.2, 0.25) is 0 Å². The Kier molecular flexibility index (Phi) is 5.34. The summed E-state index contributed by atoms with van der Waals surface area (Å²) in [6.45, 7) is 0. The largest absolute Gasteiger partial charge is 0.322 e. The van der Waals surface area contributed by atoms with Gasteiger partial charge in [-0.1, -0.05) is 18.2 Å². The maximum Gasteiger partial charge on any atom is 0.255 e. The first-order chi connectivity index (χ1) is 11.3. The van der Waals surface area contributed by atoms with Crippen LogP contribution in [0.1, 0.15) is 15.9 Å². The zero-order valence-electron chi connectivity index (χ0n) is 13.4. The van der Waals surface area contributed by atoms with Crippen molar-refractivity contribution in [3.05, 3.63) is 59.7 Å². The van der Waals surface area contributed by atoms with E-state index in [4.69, 9.17) is 5.26 Å². The predicted octanol–water partition coefficient (Wildman–Crippen LogP) is 2.26. The summed E-state index contributed by atoms with van der Waals surface area (Å²) in [7, 11) is -0.724. The van der Waals surface area contributed by atoms with Gasteiger partial charge in [0, 0.05) is 25.3 Å². The fourth-order valence-electron chi connectivity index (χ4n) is 2.01. The van der Waals surface area contributed by atoms with Crippen LogP contribution in [-0.4, -0.2) is 32.7 Å². The molecule has 1 N–H and O–H groups in total. The monoisotopic (exact) mass is 343 g/mol. The Labute approximate surface area is 141 Å². The molecular formula is C17H17N3O3S. The number of rotatable bonds is 5. The van der Waals surface area contributed by atoms with Crippen molar-refractivity contribution in [2.45, 2.75) is 11.3 Å². The number of sulfonamides is 1. The number of amides is 1. The molecule has 0 radical (unpaired) electrons. The average molecular weight is 343 g/mol. The van der Waals surface area contributed by atoms with E-state index in [1.165, 1.54) is 32.3 Å². The van der Waals surface area contributed by atoms with Crippen molar-refractivity contribution in [2.24, 2.45) is 0 Å². The SMILES string of the molecule is CN(C)S(=O)(=O)c1cccc(C(=O)Nc2ccc(CC#N)cc2)c1. The van der Waals surface area contributed by atoms with Gasteiger partial charge in [-0.25, -0.2) is 12.7 Å². The van der Waals surface area contributed by atoms with Gasteiger partial charge in [0.2, 0.25) is 10.0 Å². The number of nitrogens with zero attached hydrogens (tertiary/aromatic N) is 2. The van der Waals surface area contributed by atoms with Crippen LogP contribution in [0.4, 0.5) is 5.69 Å². The van der Waals surface area contributed by atoms with Crippen LogP contribution in [0.5, 0.6) is 0 Å². The maximum absolute atomic E-state index is 12.3. The molecule has 0 aliphatic carbocycles. The highest BCUT2D eigenvalue weighted by Gasteiger charge is 2.18. The van der Waals surface area contributed by atoms with Crippen molar-refractivity contribution in [1.82, 2.24) is 4.31 Å². The lowest BCUT2D eigenvalue weighted by atomic mass is 10.1. The molecule has 0 unspecified atom stereocenters. The van der Waals surface area contributed by atoms with Gasteiger partial charge in [-0.05, 0) is 35.9 Å². The van der Waals surface area contributed by atoms with E-state index in [0.717, 1.165) is 9.87 Å². The third kappa shape index (κ3) is 3.98. The minimum atomic E-state index is -3.59. The topological polar surface area (TPSA) is 90.3 Å². The summed E-state index contributed by atoms with van der Waals surface area (Å²) in [5.41, 5.74) is 1.68. The Hall–Kier alpha value is -2.69. The second-order valence-corrected chi connectivity index (χ2v) is 7.45. The number of carbonyl (C=O) groups is 1. The molecule has 0 saturated heterocycles. The Balaban J connectivity index is 2.20. The van der Waals surface area contributed by atoms with E-state index in [-0.39, 0.29) is 10.5 Å². The molecule has 0 bridgehead atoms. The van der Waals surface area contributed by atoms with E-state index in [2.05, 4.69) is 11.4 Å². The van der Waals surface area contributed by atoms with Crippen LogP contribution < -0.4 is 5.32 Å². The summed E-state index contributed by atoms with van der Waals surface area (Å²) >= 11 is 0. The lowest BCUT2D eigenvalue weighted by Crippen LogP contribution is -2.22. The Morgan fingerprint density at radius 3 is 2.42 bits per heavy atom. The van der Waals surface area contributed by atoms with Gasteiger partial charge in [-0.2, -0.15) is 5.26 Å². The molecule has 0 atom stereocenters. The molecule has 0 aliphatic rings. The summed E-state index contributed by atoms with van der Waals surface area (Å²) in [6.07, 6.45) is 0.304. The van der Waals surface area contributed by atoms with Crippen molar-refractivity contribution in [3.63, 3.8) is 0 Å². The zero-order valence-corrected chi connectivity index (χ0v) is 14.2. The summed E-state index contributed by atoms with van der Waals surface area (Å²) in [5.74, 6) is -0.404. The first-order valence-electron chi connectivity index (χ1n) is 7.14. The highest BCUT2D eigenvalue weighted by atomic mass is 32.2. The van der Waals surface area contributed by atoms with Gasteiger partial charge in [0.05, 0.1) is 17.4 Å². The van der Waals surface area contributed by atoms with Gasteiger partial charge in [0.1, 0.15) is 0 Å². The molecule has 2 aromatic carbocycles. The third-order valence-corrected chi connectivity index (χ3v) is 5.18. The first kappa shape index (κ1) is 17.7. The van der Waals surface area contributed by atoms with Crippen molar-refractivity contribution < 1.29 is 13.2 Å². The maximum atomic E-state index is 12.3. The quantitative estimate of drug-likeness (QED) is 0.901. The Morgan fingerprint density at radius 2 is 1.83 bits per heavy atom. The normalized spacial score (nSPS) is 11.1. The number of benzene rings is 2. The molecule has 2 aromatic rings. The van der Waals surface area contributed by atoms with Crippen LogP contribution >= 0.6 is 0 Å². The van der Waals surface area contributed by atoms with Gasteiger partial charge >= 0.3 is 0 Å². The zero-order chi connectivity index (χ0) is 17.7. The van der Waals surface area contributed by atoms with Crippen molar-refractivity contribution in [2.75, 3.05) is 19.4 Å². The molecule has 0 aliphatic heterocycles. The molecule has 7 heteroatoms. The molecule has 0 heterocycles. The molecule has 24 heavy (non-hydrogen) atoms. The molecule has 0 fully saturated rings. The van der Waals surface area contributed by atoms with Gasteiger partial charge in [0.25, 0.3) is 5.91 Å². The summed E-state index contributed by atoms with van der Waals surface area (Å²) in [5, 5.41) is 11.3. The molecule has 124 valence electrons. The Morgan fingerprint density at radius 1 is 1.17 bits per heavy atom. The predicted molar refractivity (Wildman–Crippen MR) is 91.0 cm³/mol. The van der Waals surface area contributed by atoms with E-state index in [0.29, 0.717) is 12.1 Å². The standard InChI is InChI=1S/C17H17N3O3S/c1-20(2)24(22,23)16-5-3-4-14(12-16)17(21)19-15-8-6-13(7-9-15)10-11-18/h3-9,12H,10H2,1-2H3,(H,19,21). The second-order valence-electron chi connectivity index (χ2n) is 5.30. The molecule has 0 spiro atoms. The smallest absolute Gasteiger partial charge is 0.255 e. The highest BCUT2D eigenvalue weighted by molar-refractivity contribution is 7.89. The fraction of sp³-hybridized carbons (Fsp3) is 0.176. The molecule has 0 aromatic heterocycles. The van der Waals surface area contributed by atoms with Crippen molar-refractivity contribution in [3.8, 4) is 6.07 Å². The van der Waals surface area contributed by atoms with Crippen LogP contribution in [0.3, 0.4) is 0 Å². The number of nitrogens with one attached hydrogen (secondary N) is 1. The fourth-order valence-corrected chi connectivity index (χ4v) is 2.96. The van der Waals surface area contributed by atoms with E-state index >= 15 is 0 Å². The molecule has 0 saturated carbocycles. The molecular weight excluding hydrogens is 326 g/mol. The highest BCUT2D eigenvalue weighted by Crippen LogP contribution is 2.17. The van der Waals surface area contributed by atoms with Crippen LogP contribution in [-0.2, 0) is 16.4 Å². The van der Waals surface area contributed by atoms with E-state index in [1.54, 1.807) is 30.3 Å². The number of hydrogen-bond acceptors (Lipinski definition) is 4. The summed E-state index contributed by atoms with van der Waals surface area (Å²) < 4.78 is 25.4.